The van der Waals surface area contributed by atoms with Crippen molar-refractivity contribution in [2.45, 2.75) is 31.7 Å². The third-order valence-corrected chi connectivity index (χ3v) is 4.51. The Morgan fingerprint density at radius 3 is 2.62 bits per heavy atom. The summed E-state index contributed by atoms with van der Waals surface area (Å²) in [6.45, 7) is 0. The van der Waals surface area contributed by atoms with Crippen molar-refractivity contribution in [1.82, 2.24) is 5.32 Å². The number of fused-ring (bicyclic) bond motifs is 1. The second-order valence-electron chi connectivity index (χ2n) is 6.25. The van der Waals surface area contributed by atoms with Crippen molar-refractivity contribution < 1.29 is 14.7 Å². The van der Waals surface area contributed by atoms with E-state index in [0.717, 1.165) is 35.6 Å². The molecule has 4 heteroatoms. The third kappa shape index (κ3) is 3.82. The van der Waals surface area contributed by atoms with E-state index in [-0.39, 0.29) is 18.2 Å². The number of amides is 1. The number of rotatable bonds is 5. The molecule has 0 aromatic heterocycles. The van der Waals surface area contributed by atoms with E-state index in [9.17, 15) is 14.7 Å². The van der Waals surface area contributed by atoms with Gasteiger partial charge in [-0.3, -0.25) is 9.59 Å². The van der Waals surface area contributed by atoms with Crippen LogP contribution in [0.3, 0.4) is 0 Å². The summed E-state index contributed by atoms with van der Waals surface area (Å²) in [4.78, 5) is 23.7. The lowest BCUT2D eigenvalue weighted by Gasteiger charge is -2.23. The lowest BCUT2D eigenvalue weighted by molar-refractivity contribution is -0.138. The smallest absolute Gasteiger partial charge is 0.305 e. The lowest BCUT2D eigenvalue weighted by Crippen LogP contribution is -2.35. The molecule has 0 saturated heterocycles. The predicted octanol–water partition coefficient (Wildman–Crippen LogP) is 3.83. The maximum absolute atomic E-state index is 12.5. The number of carboxylic acids is 1. The summed E-state index contributed by atoms with van der Waals surface area (Å²) in [7, 11) is 0. The first kappa shape index (κ1) is 16.2. The van der Waals surface area contributed by atoms with Gasteiger partial charge in [0.2, 0.25) is 5.91 Å². The van der Waals surface area contributed by atoms with E-state index >= 15 is 0 Å². The number of carbonyl (C=O) groups is 2. The fourth-order valence-electron chi connectivity index (χ4n) is 3.17. The van der Waals surface area contributed by atoms with E-state index in [1.54, 1.807) is 0 Å². The molecule has 24 heavy (non-hydrogen) atoms. The Balaban J connectivity index is 1.83. The van der Waals surface area contributed by atoms with Gasteiger partial charge < -0.3 is 10.4 Å². The van der Waals surface area contributed by atoms with Crippen molar-refractivity contribution in [2.75, 3.05) is 0 Å². The van der Waals surface area contributed by atoms with Gasteiger partial charge in [-0.25, -0.2) is 0 Å². The van der Waals surface area contributed by atoms with Gasteiger partial charge in [0.05, 0.1) is 12.5 Å². The van der Waals surface area contributed by atoms with Gasteiger partial charge in [0.1, 0.15) is 0 Å². The summed E-state index contributed by atoms with van der Waals surface area (Å²) in [6.07, 6.45) is 6.44. The topological polar surface area (TPSA) is 66.4 Å². The number of nitrogens with one attached hydrogen (secondary N) is 1. The average Bonchev–Trinajstić information content (AvgIpc) is 2.61. The number of allylic oxidation sites excluding steroid dienone is 2. The number of carboxylic acid groups (broad SMARTS) is 1. The molecule has 4 nitrogen and oxygen atoms in total. The molecule has 2 aromatic carbocycles. The molecule has 1 unspecified atom stereocenters. The molecule has 124 valence electrons. The van der Waals surface area contributed by atoms with Crippen LogP contribution in [0.15, 0.2) is 54.6 Å². The highest BCUT2D eigenvalue weighted by molar-refractivity contribution is 5.84. The average molecular weight is 323 g/mol. The first-order chi connectivity index (χ1) is 11.6. The zero-order valence-corrected chi connectivity index (χ0v) is 13.4. The molecule has 0 aliphatic heterocycles. The number of aliphatic carboxylic acids is 1. The molecule has 0 saturated carbocycles. The zero-order chi connectivity index (χ0) is 16.9. The van der Waals surface area contributed by atoms with Crippen molar-refractivity contribution in [3.05, 3.63) is 60.2 Å². The highest BCUT2D eigenvalue weighted by Gasteiger charge is 2.24. The molecule has 2 aromatic rings. The van der Waals surface area contributed by atoms with Crippen LogP contribution in [0.25, 0.3) is 10.8 Å². The highest BCUT2D eigenvalue weighted by atomic mass is 16.4. The Bertz CT molecular complexity index is 781. The van der Waals surface area contributed by atoms with E-state index in [1.807, 2.05) is 48.5 Å². The van der Waals surface area contributed by atoms with Gasteiger partial charge >= 0.3 is 5.97 Å². The first-order valence-corrected chi connectivity index (χ1v) is 8.29. The minimum atomic E-state index is -0.919. The van der Waals surface area contributed by atoms with Crippen LogP contribution in [-0.4, -0.2) is 17.0 Å². The highest BCUT2D eigenvalue weighted by Crippen LogP contribution is 2.25. The largest absolute Gasteiger partial charge is 0.481 e. The molecule has 1 aliphatic carbocycles. The normalized spacial score (nSPS) is 18.2. The molecule has 3 rings (SSSR count). The van der Waals surface area contributed by atoms with Crippen LogP contribution in [0, 0.1) is 5.92 Å². The Morgan fingerprint density at radius 1 is 1.12 bits per heavy atom. The predicted molar refractivity (Wildman–Crippen MR) is 93.6 cm³/mol. The van der Waals surface area contributed by atoms with Crippen LogP contribution in [0.2, 0.25) is 0 Å². The van der Waals surface area contributed by atoms with Crippen molar-refractivity contribution >= 4 is 22.6 Å². The van der Waals surface area contributed by atoms with E-state index in [2.05, 4.69) is 11.4 Å². The van der Waals surface area contributed by atoms with Gasteiger partial charge in [0, 0.05) is 5.92 Å². The summed E-state index contributed by atoms with van der Waals surface area (Å²) in [5.74, 6) is -1.04. The Hall–Kier alpha value is -2.62. The lowest BCUT2D eigenvalue weighted by atomic mass is 9.92. The second-order valence-corrected chi connectivity index (χ2v) is 6.25. The Labute approximate surface area is 141 Å². The third-order valence-electron chi connectivity index (χ3n) is 4.51. The van der Waals surface area contributed by atoms with Gasteiger partial charge in [0.15, 0.2) is 0 Å². The monoisotopic (exact) mass is 323 g/mol. The first-order valence-electron chi connectivity index (χ1n) is 8.29. The maximum Gasteiger partial charge on any atom is 0.305 e. The van der Waals surface area contributed by atoms with Crippen LogP contribution >= 0.6 is 0 Å². The fraction of sp³-hybridized carbons (Fsp3) is 0.300. The van der Waals surface area contributed by atoms with Crippen LogP contribution in [0.1, 0.15) is 37.3 Å². The summed E-state index contributed by atoms with van der Waals surface area (Å²) in [5.41, 5.74) is 0.829. The van der Waals surface area contributed by atoms with Crippen LogP contribution in [0.4, 0.5) is 0 Å². The summed E-state index contributed by atoms with van der Waals surface area (Å²) >= 11 is 0. The van der Waals surface area contributed by atoms with Crippen LogP contribution in [0.5, 0.6) is 0 Å². The van der Waals surface area contributed by atoms with Crippen molar-refractivity contribution in [1.29, 1.82) is 0 Å². The van der Waals surface area contributed by atoms with Gasteiger partial charge in [-0.15, -0.1) is 0 Å². The Kier molecular flexibility index (Phi) is 4.94. The number of hydrogen-bond donors (Lipinski definition) is 2. The molecular weight excluding hydrogens is 302 g/mol. The maximum atomic E-state index is 12.5. The van der Waals surface area contributed by atoms with Crippen molar-refractivity contribution in [3.63, 3.8) is 0 Å². The van der Waals surface area contributed by atoms with E-state index in [0.29, 0.717) is 0 Å². The molecule has 0 fully saturated rings. The minimum Gasteiger partial charge on any atom is -0.481 e. The molecule has 1 aliphatic rings. The molecule has 0 radical (unpaired) electrons. The van der Waals surface area contributed by atoms with Crippen molar-refractivity contribution in [3.8, 4) is 0 Å². The van der Waals surface area contributed by atoms with Crippen molar-refractivity contribution in [2.24, 2.45) is 5.92 Å². The molecule has 1 amide bonds. The van der Waals surface area contributed by atoms with Gasteiger partial charge in [-0.2, -0.15) is 0 Å². The zero-order valence-electron chi connectivity index (χ0n) is 13.4. The van der Waals surface area contributed by atoms with Gasteiger partial charge in [0.25, 0.3) is 0 Å². The van der Waals surface area contributed by atoms with Crippen LogP contribution < -0.4 is 5.32 Å². The summed E-state index contributed by atoms with van der Waals surface area (Å²) < 4.78 is 0. The molecular formula is C20H21NO3. The van der Waals surface area contributed by atoms with E-state index in [4.69, 9.17) is 0 Å². The number of benzene rings is 2. The second kappa shape index (κ2) is 7.30. The fourth-order valence-corrected chi connectivity index (χ4v) is 3.17. The minimum absolute atomic E-state index is 0.0567. The number of carbonyl (C=O) groups excluding carboxylic acids is 1. The molecule has 0 bridgehead atoms. The quantitative estimate of drug-likeness (QED) is 0.822. The van der Waals surface area contributed by atoms with Gasteiger partial charge in [-0.05, 0) is 41.7 Å². The molecule has 2 atom stereocenters. The Morgan fingerprint density at radius 2 is 1.92 bits per heavy atom. The summed E-state index contributed by atoms with van der Waals surface area (Å²) in [6, 6.07) is 13.2. The summed E-state index contributed by atoms with van der Waals surface area (Å²) in [5, 5.41) is 14.3. The van der Waals surface area contributed by atoms with Gasteiger partial charge in [-0.1, -0.05) is 48.6 Å². The standard InChI is InChI=1S/C20H21NO3/c22-19(23)13-18(21-20(24)15-7-2-1-3-8-15)17-11-10-14-6-4-5-9-16(14)12-17/h1-2,4-6,9-12,15,18H,3,7-8,13H2,(H,21,24)(H,22,23)/t15?,18-/m0/s1. The van der Waals surface area contributed by atoms with E-state index in [1.165, 1.54) is 0 Å². The molecule has 0 spiro atoms. The number of hydrogen-bond acceptors (Lipinski definition) is 2. The SMILES string of the molecule is O=C(O)C[C@H](NC(=O)C1CC=CCC1)c1ccc2ccccc2c1. The molecule has 2 N–H and O–H groups in total. The van der Waals surface area contributed by atoms with Crippen LogP contribution in [-0.2, 0) is 9.59 Å². The molecule has 0 heterocycles. The van der Waals surface area contributed by atoms with E-state index < -0.39 is 12.0 Å².